The molecule has 2 aromatic carbocycles. The van der Waals surface area contributed by atoms with Gasteiger partial charge in [-0.2, -0.15) is 5.10 Å². The number of nitrogens with zero attached hydrogens (tertiary/aromatic N) is 1. The minimum Gasteiger partial charge on any atom is -0.278 e. The maximum atomic E-state index is 12.9. The van der Waals surface area contributed by atoms with E-state index in [0.29, 0.717) is 0 Å². The van der Waals surface area contributed by atoms with Crippen LogP contribution in [0.2, 0.25) is 0 Å². The molecule has 3 rings (SSSR count). The van der Waals surface area contributed by atoms with Gasteiger partial charge < -0.3 is 0 Å². The number of benzene rings is 2. The Labute approximate surface area is 98.1 Å². The Bertz CT molecular complexity index is 668. The monoisotopic (exact) mass is 226 g/mol. The van der Waals surface area contributed by atoms with Gasteiger partial charge in [-0.15, -0.1) is 0 Å². The molecule has 0 atom stereocenters. The summed E-state index contributed by atoms with van der Waals surface area (Å²) in [7, 11) is 0. The van der Waals surface area contributed by atoms with E-state index < -0.39 is 0 Å². The standard InChI is InChI=1S/C14H11FN2/c1-9-2-7-13-12(8-16-17-13)14(9)10-3-5-11(15)6-4-10/h2-8H,1H3,(H,16,17). The van der Waals surface area contributed by atoms with Crippen molar-refractivity contribution < 1.29 is 4.39 Å². The number of aromatic amines is 1. The lowest BCUT2D eigenvalue weighted by molar-refractivity contribution is 0.628. The van der Waals surface area contributed by atoms with E-state index in [9.17, 15) is 4.39 Å². The van der Waals surface area contributed by atoms with Gasteiger partial charge in [0.1, 0.15) is 5.82 Å². The number of rotatable bonds is 1. The highest BCUT2D eigenvalue weighted by Gasteiger charge is 2.08. The summed E-state index contributed by atoms with van der Waals surface area (Å²) >= 11 is 0. The minimum atomic E-state index is -0.217. The van der Waals surface area contributed by atoms with Gasteiger partial charge in [-0.25, -0.2) is 4.39 Å². The molecule has 2 nitrogen and oxygen atoms in total. The molecule has 0 bridgehead atoms. The lowest BCUT2D eigenvalue weighted by atomic mass is 9.97. The molecule has 0 aliphatic heterocycles. The van der Waals surface area contributed by atoms with Gasteiger partial charge in [-0.3, -0.25) is 5.10 Å². The van der Waals surface area contributed by atoms with Gasteiger partial charge in [0.2, 0.25) is 0 Å². The Kier molecular flexibility index (Phi) is 2.18. The van der Waals surface area contributed by atoms with Crippen molar-refractivity contribution in [3.8, 4) is 11.1 Å². The summed E-state index contributed by atoms with van der Waals surface area (Å²) in [6.45, 7) is 2.05. The molecule has 1 aromatic heterocycles. The van der Waals surface area contributed by atoms with Gasteiger partial charge in [0.15, 0.2) is 0 Å². The van der Waals surface area contributed by atoms with Crippen molar-refractivity contribution in [1.29, 1.82) is 0 Å². The summed E-state index contributed by atoms with van der Waals surface area (Å²) in [5.74, 6) is -0.217. The van der Waals surface area contributed by atoms with Gasteiger partial charge in [0.05, 0.1) is 11.7 Å². The zero-order valence-electron chi connectivity index (χ0n) is 9.37. The molecule has 0 radical (unpaired) electrons. The summed E-state index contributed by atoms with van der Waals surface area (Å²) in [6, 6.07) is 10.6. The molecule has 1 N–H and O–H groups in total. The van der Waals surface area contributed by atoms with Crippen molar-refractivity contribution >= 4 is 10.9 Å². The van der Waals surface area contributed by atoms with Gasteiger partial charge in [-0.05, 0) is 41.8 Å². The first-order valence-corrected chi connectivity index (χ1v) is 5.44. The van der Waals surface area contributed by atoms with Crippen LogP contribution in [-0.4, -0.2) is 10.2 Å². The predicted octanol–water partition coefficient (Wildman–Crippen LogP) is 3.68. The van der Waals surface area contributed by atoms with E-state index in [2.05, 4.69) is 10.2 Å². The van der Waals surface area contributed by atoms with Crippen molar-refractivity contribution in [3.63, 3.8) is 0 Å². The van der Waals surface area contributed by atoms with Crippen LogP contribution >= 0.6 is 0 Å². The predicted molar refractivity (Wildman–Crippen MR) is 66.2 cm³/mol. The second-order valence-corrected chi connectivity index (χ2v) is 4.10. The zero-order valence-corrected chi connectivity index (χ0v) is 9.37. The number of H-pyrrole nitrogens is 1. The summed E-state index contributed by atoms with van der Waals surface area (Å²) < 4.78 is 12.9. The molecule has 0 saturated heterocycles. The average molecular weight is 226 g/mol. The summed E-state index contributed by atoms with van der Waals surface area (Å²) in [5.41, 5.74) is 4.27. The molecule has 1 heterocycles. The van der Waals surface area contributed by atoms with Crippen molar-refractivity contribution in [3.05, 3.63) is 54.0 Å². The number of aryl methyl sites for hydroxylation is 1. The molecule has 0 aliphatic carbocycles. The molecule has 3 aromatic rings. The number of aromatic nitrogens is 2. The van der Waals surface area contributed by atoms with Crippen LogP contribution in [0.1, 0.15) is 5.56 Å². The Morgan fingerprint density at radius 3 is 2.59 bits per heavy atom. The fourth-order valence-electron chi connectivity index (χ4n) is 2.13. The van der Waals surface area contributed by atoms with Crippen LogP contribution in [0.25, 0.3) is 22.0 Å². The third-order valence-corrected chi connectivity index (χ3v) is 2.97. The number of fused-ring (bicyclic) bond motifs is 1. The molecule has 0 unspecified atom stereocenters. The van der Waals surface area contributed by atoms with Gasteiger partial charge in [-0.1, -0.05) is 18.2 Å². The Hall–Kier alpha value is -2.16. The second-order valence-electron chi connectivity index (χ2n) is 4.10. The number of halogens is 1. The highest BCUT2D eigenvalue weighted by molar-refractivity contribution is 5.95. The van der Waals surface area contributed by atoms with Crippen molar-refractivity contribution in [2.75, 3.05) is 0 Å². The largest absolute Gasteiger partial charge is 0.278 e. The van der Waals surface area contributed by atoms with E-state index in [1.54, 1.807) is 18.3 Å². The van der Waals surface area contributed by atoms with Crippen LogP contribution < -0.4 is 0 Å². The lowest BCUT2D eigenvalue weighted by Crippen LogP contribution is -1.85. The molecule has 0 saturated carbocycles. The summed E-state index contributed by atoms with van der Waals surface area (Å²) in [4.78, 5) is 0. The zero-order chi connectivity index (χ0) is 11.8. The topological polar surface area (TPSA) is 28.7 Å². The van der Waals surface area contributed by atoms with Gasteiger partial charge in [0, 0.05) is 5.39 Å². The molecule has 17 heavy (non-hydrogen) atoms. The van der Waals surface area contributed by atoms with Crippen molar-refractivity contribution in [2.24, 2.45) is 0 Å². The maximum Gasteiger partial charge on any atom is 0.123 e. The smallest absolute Gasteiger partial charge is 0.123 e. The van der Waals surface area contributed by atoms with Crippen molar-refractivity contribution in [1.82, 2.24) is 10.2 Å². The maximum absolute atomic E-state index is 12.9. The number of nitrogens with one attached hydrogen (secondary N) is 1. The number of hydrogen-bond donors (Lipinski definition) is 1. The highest BCUT2D eigenvalue weighted by atomic mass is 19.1. The number of hydrogen-bond acceptors (Lipinski definition) is 1. The molecular formula is C14H11FN2. The SMILES string of the molecule is Cc1ccc2[nH]ncc2c1-c1ccc(F)cc1. The van der Waals surface area contributed by atoms with Gasteiger partial charge in [0.25, 0.3) is 0 Å². The summed E-state index contributed by atoms with van der Waals surface area (Å²) in [6.07, 6.45) is 1.81. The fraction of sp³-hybridized carbons (Fsp3) is 0.0714. The van der Waals surface area contributed by atoms with Crippen LogP contribution in [0.4, 0.5) is 4.39 Å². The van der Waals surface area contributed by atoms with Crippen LogP contribution in [0.15, 0.2) is 42.6 Å². The lowest BCUT2D eigenvalue weighted by Gasteiger charge is -2.07. The highest BCUT2D eigenvalue weighted by Crippen LogP contribution is 2.30. The Morgan fingerprint density at radius 2 is 1.82 bits per heavy atom. The first kappa shape index (κ1) is 10.0. The molecule has 0 fully saturated rings. The van der Waals surface area contributed by atoms with Gasteiger partial charge >= 0.3 is 0 Å². The van der Waals surface area contributed by atoms with E-state index in [1.807, 2.05) is 19.1 Å². The molecule has 0 spiro atoms. The Balaban J connectivity index is 2.31. The van der Waals surface area contributed by atoms with E-state index in [1.165, 1.54) is 12.1 Å². The average Bonchev–Trinajstić information content (AvgIpc) is 2.79. The first-order chi connectivity index (χ1) is 8.25. The first-order valence-electron chi connectivity index (χ1n) is 5.44. The third-order valence-electron chi connectivity index (χ3n) is 2.97. The molecular weight excluding hydrogens is 215 g/mol. The van der Waals surface area contributed by atoms with E-state index in [0.717, 1.165) is 27.6 Å². The van der Waals surface area contributed by atoms with E-state index >= 15 is 0 Å². The normalized spacial score (nSPS) is 10.9. The van der Waals surface area contributed by atoms with Crippen LogP contribution in [0, 0.1) is 12.7 Å². The van der Waals surface area contributed by atoms with Crippen molar-refractivity contribution in [2.45, 2.75) is 6.92 Å². The van der Waals surface area contributed by atoms with E-state index in [-0.39, 0.29) is 5.82 Å². The third kappa shape index (κ3) is 1.60. The van der Waals surface area contributed by atoms with Crippen LogP contribution in [0.5, 0.6) is 0 Å². The second kappa shape index (κ2) is 3.70. The molecule has 84 valence electrons. The van der Waals surface area contributed by atoms with Crippen LogP contribution in [0.3, 0.4) is 0 Å². The van der Waals surface area contributed by atoms with E-state index in [4.69, 9.17) is 0 Å². The summed E-state index contributed by atoms with van der Waals surface area (Å²) in [5, 5.41) is 8.06. The van der Waals surface area contributed by atoms with Crippen LogP contribution in [-0.2, 0) is 0 Å². The molecule has 0 amide bonds. The Morgan fingerprint density at radius 1 is 1.06 bits per heavy atom. The minimum absolute atomic E-state index is 0.217. The quantitative estimate of drug-likeness (QED) is 0.673. The molecule has 0 aliphatic rings. The fourth-order valence-corrected chi connectivity index (χ4v) is 2.13. The molecule has 3 heteroatoms.